The first-order valence-electron chi connectivity index (χ1n) is 6.87. The monoisotopic (exact) mass is 349 g/mol. The van der Waals surface area contributed by atoms with Crippen LogP contribution in [0.5, 0.6) is 5.88 Å². The Morgan fingerprint density at radius 1 is 1.05 bits per heavy atom. The topological polar surface area (TPSA) is 47.0 Å². The number of nitrogens with one attached hydrogen (secondary N) is 1. The van der Waals surface area contributed by atoms with Gasteiger partial charge in [-0.3, -0.25) is 0 Å². The van der Waals surface area contributed by atoms with Crippen molar-refractivity contribution in [3.63, 3.8) is 0 Å². The van der Waals surface area contributed by atoms with Crippen LogP contribution in [0.25, 0.3) is 0 Å². The summed E-state index contributed by atoms with van der Waals surface area (Å²) in [6.07, 6.45) is 0. The standard InChI is InChI=1S/C16H20BrN3O/c1-16(2,3)18-10-14-8-9-15(20-19-14)21-11-12-4-6-13(17)7-5-12/h4-9,18H,10-11H2,1-3H3. The fourth-order valence-electron chi connectivity index (χ4n) is 1.61. The Balaban J connectivity index is 1.86. The maximum absolute atomic E-state index is 5.62. The van der Waals surface area contributed by atoms with Gasteiger partial charge in [0.25, 0.3) is 0 Å². The second-order valence-corrected chi connectivity index (χ2v) is 6.80. The highest BCUT2D eigenvalue weighted by Gasteiger charge is 2.09. The van der Waals surface area contributed by atoms with Gasteiger partial charge in [0, 0.05) is 22.6 Å². The molecule has 2 rings (SSSR count). The zero-order chi connectivity index (χ0) is 15.3. The number of nitrogens with zero attached hydrogens (tertiary/aromatic N) is 2. The summed E-state index contributed by atoms with van der Waals surface area (Å²) in [4.78, 5) is 0. The van der Waals surface area contributed by atoms with Crippen LogP contribution in [0.1, 0.15) is 32.0 Å². The third-order valence-corrected chi connectivity index (χ3v) is 3.32. The second-order valence-electron chi connectivity index (χ2n) is 5.88. The van der Waals surface area contributed by atoms with Gasteiger partial charge in [-0.1, -0.05) is 28.1 Å². The van der Waals surface area contributed by atoms with Crippen molar-refractivity contribution in [2.45, 2.75) is 39.5 Å². The van der Waals surface area contributed by atoms with E-state index in [9.17, 15) is 0 Å². The summed E-state index contributed by atoms with van der Waals surface area (Å²) < 4.78 is 6.68. The summed E-state index contributed by atoms with van der Waals surface area (Å²) >= 11 is 3.41. The summed E-state index contributed by atoms with van der Waals surface area (Å²) in [6, 6.07) is 11.8. The maximum atomic E-state index is 5.62. The molecule has 0 radical (unpaired) electrons. The molecule has 0 saturated heterocycles. The average molecular weight is 350 g/mol. The highest BCUT2D eigenvalue weighted by Crippen LogP contribution is 2.13. The molecule has 5 heteroatoms. The molecule has 0 aliphatic heterocycles. The van der Waals surface area contributed by atoms with E-state index in [1.54, 1.807) is 0 Å². The predicted octanol–water partition coefficient (Wildman–Crippen LogP) is 3.71. The molecule has 0 spiro atoms. The van der Waals surface area contributed by atoms with Crippen LogP contribution < -0.4 is 10.1 Å². The third-order valence-electron chi connectivity index (χ3n) is 2.80. The molecule has 21 heavy (non-hydrogen) atoms. The van der Waals surface area contributed by atoms with Crippen molar-refractivity contribution in [3.8, 4) is 5.88 Å². The summed E-state index contributed by atoms with van der Waals surface area (Å²) in [5.41, 5.74) is 2.07. The van der Waals surface area contributed by atoms with Gasteiger partial charge in [-0.15, -0.1) is 5.10 Å². The molecule has 0 bridgehead atoms. The number of hydrogen-bond acceptors (Lipinski definition) is 4. The molecule has 2 aromatic rings. The van der Waals surface area contributed by atoms with Crippen molar-refractivity contribution in [2.75, 3.05) is 0 Å². The summed E-state index contributed by atoms with van der Waals surface area (Å²) in [5.74, 6) is 0.539. The van der Waals surface area contributed by atoms with Crippen LogP contribution in [0.4, 0.5) is 0 Å². The lowest BCUT2D eigenvalue weighted by molar-refractivity contribution is 0.289. The molecule has 1 aromatic carbocycles. The first kappa shape index (κ1) is 15.9. The molecular weight excluding hydrogens is 330 g/mol. The van der Waals surface area contributed by atoms with Crippen molar-refractivity contribution >= 4 is 15.9 Å². The van der Waals surface area contributed by atoms with Crippen molar-refractivity contribution in [1.82, 2.24) is 15.5 Å². The highest BCUT2D eigenvalue weighted by atomic mass is 79.9. The van der Waals surface area contributed by atoms with Gasteiger partial charge in [-0.25, -0.2) is 0 Å². The molecule has 1 aromatic heterocycles. The molecule has 0 saturated carbocycles. The van der Waals surface area contributed by atoms with Gasteiger partial charge < -0.3 is 10.1 Å². The van der Waals surface area contributed by atoms with E-state index in [-0.39, 0.29) is 5.54 Å². The van der Waals surface area contributed by atoms with Crippen molar-refractivity contribution in [3.05, 3.63) is 52.1 Å². The summed E-state index contributed by atoms with van der Waals surface area (Å²) in [5, 5.41) is 11.6. The van der Waals surface area contributed by atoms with E-state index in [4.69, 9.17) is 4.74 Å². The molecule has 0 amide bonds. The van der Waals surface area contributed by atoms with E-state index in [0.717, 1.165) is 15.7 Å². The van der Waals surface area contributed by atoms with Gasteiger partial charge in [-0.2, -0.15) is 5.10 Å². The Labute approximate surface area is 134 Å². The lowest BCUT2D eigenvalue weighted by Gasteiger charge is -2.19. The molecule has 0 unspecified atom stereocenters. The number of hydrogen-bond donors (Lipinski definition) is 1. The second kappa shape index (κ2) is 7.00. The van der Waals surface area contributed by atoms with E-state index >= 15 is 0 Å². The Morgan fingerprint density at radius 2 is 1.76 bits per heavy atom. The fraction of sp³-hybridized carbons (Fsp3) is 0.375. The molecule has 112 valence electrons. The van der Waals surface area contributed by atoms with Crippen LogP contribution in [0.3, 0.4) is 0 Å². The van der Waals surface area contributed by atoms with E-state index in [1.807, 2.05) is 36.4 Å². The van der Waals surface area contributed by atoms with Crippen LogP contribution in [0.2, 0.25) is 0 Å². The number of benzene rings is 1. The quantitative estimate of drug-likeness (QED) is 0.893. The van der Waals surface area contributed by atoms with Crippen LogP contribution in [-0.2, 0) is 13.2 Å². The number of rotatable bonds is 5. The van der Waals surface area contributed by atoms with Crippen molar-refractivity contribution in [1.29, 1.82) is 0 Å². The van der Waals surface area contributed by atoms with Gasteiger partial charge in [0.05, 0.1) is 5.69 Å². The molecule has 0 aliphatic rings. The first-order valence-corrected chi connectivity index (χ1v) is 7.66. The Hall–Kier alpha value is -1.46. The molecular formula is C16H20BrN3O. The lowest BCUT2D eigenvalue weighted by atomic mass is 10.1. The van der Waals surface area contributed by atoms with E-state index in [1.165, 1.54) is 0 Å². The average Bonchev–Trinajstić information content (AvgIpc) is 2.45. The van der Waals surface area contributed by atoms with E-state index in [2.05, 4.69) is 52.2 Å². The lowest BCUT2D eigenvalue weighted by Crippen LogP contribution is -2.35. The number of ether oxygens (including phenoxy) is 1. The largest absolute Gasteiger partial charge is 0.472 e. The minimum Gasteiger partial charge on any atom is -0.472 e. The maximum Gasteiger partial charge on any atom is 0.233 e. The Bertz CT molecular complexity index is 562. The van der Waals surface area contributed by atoms with E-state index < -0.39 is 0 Å². The van der Waals surface area contributed by atoms with Crippen LogP contribution in [0.15, 0.2) is 40.9 Å². The Kier molecular flexibility index (Phi) is 5.31. The summed E-state index contributed by atoms with van der Waals surface area (Å²) in [6.45, 7) is 7.55. The van der Waals surface area contributed by atoms with Gasteiger partial charge in [-0.05, 0) is 44.5 Å². The zero-order valence-corrected chi connectivity index (χ0v) is 14.1. The minimum absolute atomic E-state index is 0.0679. The number of halogens is 1. The van der Waals surface area contributed by atoms with Gasteiger partial charge >= 0.3 is 0 Å². The van der Waals surface area contributed by atoms with E-state index in [0.29, 0.717) is 19.0 Å². The predicted molar refractivity (Wildman–Crippen MR) is 87.1 cm³/mol. The van der Waals surface area contributed by atoms with Crippen molar-refractivity contribution < 1.29 is 4.74 Å². The summed E-state index contributed by atoms with van der Waals surface area (Å²) in [7, 11) is 0. The smallest absolute Gasteiger partial charge is 0.233 e. The molecule has 0 atom stereocenters. The number of aromatic nitrogens is 2. The van der Waals surface area contributed by atoms with Crippen molar-refractivity contribution in [2.24, 2.45) is 0 Å². The molecule has 1 heterocycles. The fourth-order valence-corrected chi connectivity index (χ4v) is 1.88. The minimum atomic E-state index is 0.0679. The third kappa shape index (κ3) is 5.81. The van der Waals surface area contributed by atoms with Gasteiger partial charge in [0.15, 0.2) is 0 Å². The normalized spacial score (nSPS) is 11.4. The SMILES string of the molecule is CC(C)(C)NCc1ccc(OCc2ccc(Br)cc2)nn1. The van der Waals surface area contributed by atoms with Crippen LogP contribution >= 0.6 is 15.9 Å². The van der Waals surface area contributed by atoms with Gasteiger partial charge in [0.2, 0.25) is 5.88 Å². The molecule has 0 aliphatic carbocycles. The van der Waals surface area contributed by atoms with Gasteiger partial charge in [0.1, 0.15) is 6.61 Å². The zero-order valence-electron chi connectivity index (χ0n) is 12.6. The van der Waals surface area contributed by atoms with Crippen LogP contribution in [-0.4, -0.2) is 15.7 Å². The Morgan fingerprint density at radius 3 is 2.33 bits per heavy atom. The first-order chi connectivity index (χ1) is 9.92. The molecule has 4 nitrogen and oxygen atoms in total. The van der Waals surface area contributed by atoms with Crippen LogP contribution in [0, 0.1) is 0 Å². The molecule has 0 fully saturated rings. The highest BCUT2D eigenvalue weighted by molar-refractivity contribution is 9.10. The molecule has 1 N–H and O–H groups in total.